The van der Waals surface area contributed by atoms with Crippen molar-refractivity contribution < 1.29 is 0 Å². The SMILES string of the molecule is BrC1=C(Br)c2nc1c(Br)c1[nH]c(cc3nc(cc4[nH]c(c2Br)c(Br)c4Br)C=C3)c(Br)c1Br. The van der Waals surface area contributed by atoms with E-state index in [1.165, 1.54) is 0 Å². The van der Waals surface area contributed by atoms with Gasteiger partial charge in [0, 0.05) is 0 Å². The lowest BCUT2D eigenvalue weighted by molar-refractivity contribution is 1.29. The van der Waals surface area contributed by atoms with Gasteiger partial charge in [0.15, 0.2) is 0 Å². The summed E-state index contributed by atoms with van der Waals surface area (Å²) in [6.45, 7) is 0. The van der Waals surface area contributed by atoms with Gasteiger partial charge in [-0.25, -0.2) is 9.97 Å². The van der Waals surface area contributed by atoms with E-state index in [-0.39, 0.29) is 0 Å². The van der Waals surface area contributed by atoms with Crippen molar-refractivity contribution in [1.29, 1.82) is 0 Å². The summed E-state index contributed by atoms with van der Waals surface area (Å²) in [6, 6.07) is 3.98. The van der Waals surface area contributed by atoms with E-state index in [9.17, 15) is 0 Å². The van der Waals surface area contributed by atoms with Crippen LogP contribution in [0, 0.1) is 0 Å². The minimum Gasteiger partial charge on any atom is -0.353 e. The smallest absolute Gasteiger partial charge is 0.0955 e. The quantitative estimate of drug-likeness (QED) is 0.185. The van der Waals surface area contributed by atoms with E-state index in [1.54, 1.807) is 0 Å². The van der Waals surface area contributed by atoms with Gasteiger partial charge in [-0.05, 0) is 152 Å². The second kappa shape index (κ2) is 9.15. The fraction of sp³-hybridized carbons (Fsp3) is 0. The molecule has 2 aliphatic rings. The van der Waals surface area contributed by atoms with Crippen molar-refractivity contribution in [2.24, 2.45) is 0 Å². The second-order valence-corrected chi connectivity index (χ2v) is 13.1. The third-order valence-corrected chi connectivity index (χ3v) is 12.7. The number of aromatic nitrogens is 4. The highest BCUT2D eigenvalue weighted by molar-refractivity contribution is 9.18. The van der Waals surface area contributed by atoms with Crippen molar-refractivity contribution in [3.63, 3.8) is 0 Å². The Labute approximate surface area is 249 Å². The highest BCUT2D eigenvalue weighted by atomic mass is 79.9. The van der Waals surface area contributed by atoms with Crippen LogP contribution >= 0.6 is 127 Å². The molecule has 3 aromatic rings. The summed E-state index contributed by atoms with van der Waals surface area (Å²) in [5.74, 6) is 0. The molecule has 162 valence electrons. The molecule has 4 nitrogen and oxygen atoms in total. The Bertz CT molecular complexity index is 1450. The van der Waals surface area contributed by atoms with Crippen LogP contribution in [0.2, 0.25) is 0 Å². The van der Waals surface area contributed by atoms with Crippen molar-refractivity contribution in [2.45, 2.75) is 0 Å². The number of fused-ring (bicyclic) bond motifs is 8. The number of rotatable bonds is 0. The molecule has 0 spiro atoms. The van der Waals surface area contributed by atoms with Gasteiger partial charge in [-0.1, -0.05) is 0 Å². The van der Waals surface area contributed by atoms with Crippen molar-refractivity contribution in [3.05, 3.63) is 61.7 Å². The monoisotopic (exact) mass is 933 g/mol. The number of halogens is 8. The summed E-state index contributed by atoms with van der Waals surface area (Å²) in [5, 5.41) is 0. The maximum absolute atomic E-state index is 4.91. The van der Waals surface area contributed by atoms with Gasteiger partial charge in [-0.15, -0.1) is 0 Å². The lowest BCUT2D eigenvalue weighted by Crippen LogP contribution is -1.82. The molecule has 2 aliphatic heterocycles. The van der Waals surface area contributed by atoms with Crippen molar-refractivity contribution in [1.82, 2.24) is 19.9 Å². The third-order valence-electron chi connectivity index (χ3n) is 4.77. The molecule has 5 heterocycles. The highest BCUT2D eigenvalue weighted by Gasteiger charge is 2.24. The normalized spacial score (nSPS) is 13.4. The van der Waals surface area contributed by atoms with Gasteiger partial charge < -0.3 is 9.97 Å². The van der Waals surface area contributed by atoms with Crippen molar-refractivity contribution >= 4 is 171 Å². The van der Waals surface area contributed by atoms with Crippen LogP contribution in [0.3, 0.4) is 0 Å². The average molecular weight is 942 g/mol. The largest absolute Gasteiger partial charge is 0.353 e. The van der Waals surface area contributed by atoms with Gasteiger partial charge in [0.05, 0.1) is 80.6 Å². The molecular formula is C20H6Br8N4. The molecule has 2 N–H and O–H groups in total. The molecule has 0 saturated carbocycles. The Morgan fingerprint density at radius 2 is 0.906 bits per heavy atom. The topological polar surface area (TPSA) is 57.4 Å². The first-order valence-corrected chi connectivity index (χ1v) is 15.1. The lowest BCUT2D eigenvalue weighted by Gasteiger charge is -1.96. The summed E-state index contributed by atoms with van der Waals surface area (Å²) in [5.41, 5.74) is 6.67. The molecule has 0 aromatic carbocycles. The standard InChI is InChI=1S/C20H6Br8N4/c21-9-7-3-5-1-2-6(29-5)4-8-10(22)12(24)18(31-8)16(28)20-14(26)13(25)19(32-20)15(27)17(30-7)11(9)23/h1-4,30-31H. The maximum atomic E-state index is 4.91. The Morgan fingerprint density at radius 1 is 0.500 bits per heavy atom. The number of aromatic amines is 2. The van der Waals surface area contributed by atoms with Crippen LogP contribution in [0.5, 0.6) is 0 Å². The molecular weight excluding hydrogens is 935 g/mol. The van der Waals surface area contributed by atoms with Crippen LogP contribution in [-0.4, -0.2) is 19.9 Å². The average Bonchev–Trinajstić information content (AvgIpc) is 3.48. The van der Waals surface area contributed by atoms with Crippen LogP contribution in [0.15, 0.2) is 39.0 Å². The van der Waals surface area contributed by atoms with Gasteiger partial charge in [-0.2, -0.15) is 0 Å². The fourth-order valence-electron chi connectivity index (χ4n) is 3.24. The molecule has 0 unspecified atom stereocenters. The van der Waals surface area contributed by atoms with Crippen LogP contribution in [0.1, 0.15) is 22.8 Å². The van der Waals surface area contributed by atoms with Crippen molar-refractivity contribution in [2.75, 3.05) is 0 Å². The molecule has 0 amide bonds. The fourth-order valence-corrected chi connectivity index (χ4v) is 8.27. The lowest BCUT2D eigenvalue weighted by atomic mass is 10.3. The number of H-pyrrole nitrogens is 2. The zero-order chi connectivity index (χ0) is 22.9. The highest BCUT2D eigenvalue weighted by Crippen LogP contribution is 2.47. The molecule has 12 heteroatoms. The second-order valence-electron chi connectivity index (χ2n) is 6.73. The Morgan fingerprint density at radius 3 is 1.31 bits per heavy atom. The van der Waals surface area contributed by atoms with Gasteiger partial charge in [0.25, 0.3) is 0 Å². The number of nitrogens with one attached hydrogen (secondary N) is 2. The minimum atomic E-state index is 0.749. The number of hydrogen-bond donors (Lipinski definition) is 2. The summed E-state index contributed by atoms with van der Waals surface area (Å²) in [6.07, 6.45) is 3.97. The predicted octanol–water partition coefficient (Wildman–Crippen LogP) is 10.7. The van der Waals surface area contributed by atoms with Crippen LogP contribution < -0.4 is 0 Å². The molecule has 3 aromatic heterocycles. The summed E-state index contributed by atoms with van der Waals surface area (Å²) in [4.78, 5) is 16.6. The van der Waals surface area contributed by atoms with Crippen LogP contribution in [-0.2, 0) is 0 Å². The molecule has 5 rings (SSSR count). The van der Waals surface area contributed by atoms with E-state index in [2.05, 4.69) is 137 Å². The minimum absolute atomic E-state index is 0.749. The third kappa shape index (κ3) is 3.98. The van der Waals surface area contributed by atoms with Gasteiger partial charge >= 0.3 is 0 Å². The first kappa shape index (κ1) is 24.1. The van der Waals surface area contributed by atoms with E-state index in [1.807, 2.05) is 24.3 Å². The van der Waals surface area contributed by atoms with Gasteiger partial charge in [0.1, 0.15) is 0 Å². The molecule has 0 saturated heterocycles. The Hall–Kier alpha value is 0.440. The van der Waals surface area contributed by atoms with E-state index in [0.717, 1.165) is 80.6 Å². The van der Waals surface area contributed by atoms with Gasteiger partial charge in [0.2, 0.25) is 0 Å². The summed E-state index contributed by atoms with van der Waals surface area (Å²) in [7, 11) is 0. The predicted molar refractivity (Wildman–Crippen MR) is 161 cm³/mol. The Kier molecular flexibility index (Phi) is 6.90. The number of hydrogen-bond acceptors (Lipinski definition) is 2. The molecule has 0 atom stereocenters. The van der Waals surface area contributed by atoms with Crippen LogP contribution in [0.4, 0.5) is 0 Å². The van der Waals surface area contributed by atoms with Crippen molar-refractivity contribution in [3.8, 4) is 0 Å². The zero-order valence-electron chi connectivity index (χ0n) is 15.2. The summed E-state index contributed by atoms with van der Waals surface area (Å²) >= 11 is 29.7. The molecule has 0 aliphatic carbocycles. The Balaban J connectivity index is 2.04. The van der Waals surface area contributed by atoms with E-state index < -0.39 is 0 Å². The molecule has 0 fully saturated rings. The first-order chi connectivity index (χ1) is 15.2. The van der Waals surface area contributed by atoms with Gasteiger partial charge in [-0.3, -0.25) is 0 Å². The van der Waals surface area contributed by atoms with E-state index in [4.69, 9.17) is 9.97 Å². The molecule has 0 radical (unpaired) electrons. The number of nitrogens with zero attached hydrogens (tertiary/aromatic N) is 2. The van der Waals surface area contributed by atoms with Crippen LogP contribution in [0.25, 0.3) is 43.2 Å². The van der Waals surface area contributed by atoms with E-state index >= 15 is 0 Å². The molecule has 8 bridgehead atoms. The van der Waals surface area contributed by atoms with E-state index in [0.29, 0.717) is 0 Å². The molecule has 32 heavy (non-hydrogen) atoms. The first-order valence-electron chi connectivity index (χ1n) is 8.72. The zero-order valence-corrected chi connectivity index (χ0v) is 27.9. The summed E-state index contributed by atoms with van der Waals surface area (Å²) < 4.78 is 6.83. The maximum Gasteiger partial charge on any atom is 0.0955 e.